The van der Waals surface area contributed by atoms with Crippen molar-refractivity contribution in [2.24, 2.45) is 5.10 Å². The molecule has 8 nitrogen and oxygen atoms in total. The molecule has 34 heavy (non-hydrogen) atoms. The zero-order valence-corrected chi connectivity index (χ0v) is 18.4. The Bertz CT molecular complexity index is 1690. The molecule has 0 fully saturated rings. The maximum Gasteiger partial charge on any atom is 0.349 e. The monoisotopic (exact) mass is 451 g/mol. The van der Waals surface area contributed by atoms with Crippen LogP contribution in [-0.4, -0.2) is 26.3 Å². The van der Waals surface area contributed by atoms with Crippen LogP contribution in [0.2, 0.25) is 0 Å². The molecule has 3 aromatic carbocycles. The minimum Gasteiger partial charge on any atom is -0.337 e. The van der Waals surface area contributed by atoms with E-state index in [9.17, 15) is 14.4 Å². The first kappa shape index (κ1) is 21.1. The number of amides is 1. The molecule has 0 aliphatic carbocycles. The quantitative estimate of drug-likeness (QED) is 0.400. The van der Waals surface area contributed by atoms with E-state index < -0.39 is 11.2 Å². The molecule has 5 rings (SSSR count). The SMILES string of the molecule is Cc1ccccc1NC(=O)Cn1cc(C=Nn2c(=O)[nH]c3ccccc3c2=O)c2ccccc21. The molecular formula is C26H21N5O3. The fraction of sp³-hybridized carbons (Fsp3) is 0.0769. The van der Waals surface area contributed by atoms with Gasteiger partial charge in [-0.3, -0.25) is 9.59 Å². The van der Waals surface area contributed by atoms with Crippen LogP contribution in [0, 0.1) is 6.92 Å². The number of nitrogens with one attached hydrogen (secondary N) is 2. The average molecular weight is 451 g/mol. The number of carbonyl (C=O) groups excluding carboxylic acids is 1. The third-order valence-electron chi connectivity index (χ3n) is 5.65. The number of para-hydroxylation sites is 3. The van der Waals surface area contributed by atoms with Crippen molar-refractivity contribution in [2.75, 3.05) is 5.32 Å². The molecular weight excluding hydrogens is 430 g/mol. The van der Waals surface area contributed by atoms with Gasteiger partial charge in [-0.25, -0.2) is 4.79 Å². The van der Waals surface area contributed by atoms with Crippen molar-refractivity contribution in [3.05, 3.63) is 111 Å². The Labute approximate surface area is 193 Å². The smallest absolute Gasteiger partial charge is 0.337 e. The fourth-order valence-corrected chi connectivity index (χ4v) is 3.94. The lowest BCUT2D eigenvalue weighted by molar-refractivity contribution is -0.116. The summed E-state index contributed by atoms with van der Waals surface area (Å²) in [6.07, 6.45) is 3.25. The summed E-state index contributed by atoms with van der Waals surface area (Å²) in [6, 6.07) is 21.9. The first-order valence-corrected chi connectivity index (χ1v) is 10.7. The van der Waals surface area contributed by atoms with Gasteiger partial charge in [0, 0.05) is 28.4 Å². The summed E-state index contributed by atoms with van der Waals surface area (Å²) in [4.78, 5) is 40.6. The van der Waals surface area contributed by atoms with Gasteiger partial charge in [-0.1, -0.05) is 48.5 Å². The first-order valence-electron chi connectivity index (χ1n) is 10.7. The van der Waals surface area contributed by atoms with Crippen molar-refractivity contribution in [2.45, 2.75) is 13.5 Å². The molecule has 0 saturated carbocycles. The van der Waals surface area contributed by atoms with Crippen molar-refractivity contribution in [1.29, 1.82) is 0 Å². The van der Waals surface area contributed by atoms with Gasteiger partial charge in [0.25, 0.3) is 5.56 Å². The van der Waals surface area contributed by atoms with Crippen LogP contribution >= 0.6 is 0 Å². The van der Waals surface area contributed by atoms with Gasteiger partial charge in [-0.15, -0.1) is 4.68 Å². The van der Waals surface area contributed by atoms with Gasteiger partial charge in [0.15, 0.2) is 0 Å². The Morgan fingerprint density at radius 1 is 0.971 bits per heavy atom. The third-order valence-corrected chi connectivity index (χ3v) is 5.65. The van der Waals surface area contributed by atoms with Crippen LogP contribution in [0.4, 0.5) is 5.69 Å². The van der Waals surface area contributed by atoms with E-state index in [1.54, 1.807) is 30.5 Å². The molecule has 0 radical (unpaired) electrons. The van der Waals surface area contributed by atoms with Crippen molar-refractivity contribution >= 4 is 39.6 Å². The number of aromatic amines is 1. The summed E-state index contributed by atoms with van der Waals surface area (Å²) in [5, 5.41) is 8.32. The van der Waals surface area contributed by atoms with Gasteiger partial charge in [0.2, 0.25) is 5.91 Å². The van der Waals surface area contributed by atoms with Crippen molar-refractivity contribution in [3.63, 3.8) is 0 Å². The molecule has 2 heterocycles. The molecule has 0 saturated heterocycles. The summed E-state index contributed by atoms with van der Waals surface area (Å²) in [7, 11) is 0. The van der Waals surface area contributed by atoms with Crippen LogP contribution in [0.15, 0.2) is 93.7 Å². The fourth-order valence-electron chi connectivity index (χ4n) is 3.94. The second-order valence-corrected chi connectivity index (χ2v) is 7.93. The van der Waals surface area contributed by atoms with Crippen LogP contribution in [-0.2, 0) is 11.3 Å². The summed E-state index contributed by atoms with van der Waals surface area (Å²) < 4.78 is 2.62. The van der Waals surface area contributed by atoms with Crippen molar-refractivity contribution in [3.8, 4) is 0 Å². The molecule has 0 aliphatic heterocycles. The lowest BCUT2D eigenvalue weighted by Crippen LogP contribution is -2.32. The van der Waals surface area contributed by atoms with Crippen LogP contribution in [0.5, 0.6) is 0 Å². The highest BCUT2D eigenvalue weighted by Crippen LogP contribution is 2.21. The number of carbonyl (C=O) groups is 1. The minimum absolute atomic E-state index is 0.0964. The normalized spacial score (nSPS) is 11.4. The molecule has 0 bridgehead atoms. The van der Waals surface area contributed by atoms with Crippen molar-refractivity contribution in [1.82, 2.24) is 14.2 Å². The lowest BCUT2D eigenvalue weighted by Gasteiger charge is -2.09. The number of nitrogens with zero attached hydrogens (tertiary/aromatic N) is 3. The van der Waals surface area contributed by atoms with E-state index in [1.807, 2.05) is 60.0 Å². The molecule has 0 spiro atoms. The summed E-state index contributed by atoms with van der Waals surface area (Å²) in [6.45, 7) is 2.03. The maximum atomic E-state index is 12.8. The molecule has 0 unspecified atom stereocenters. The summed E-state index contributed by atoms with van der Waals surface area (Å²) in [5.74, 6) is -0.166. The van der Waals surface area contributed by atoms with Crippen LogP contribution < -0.4 is 16.6 Å². The number of hydrogen-bond donors (Lipinski definition) is 2. The predicted molar refractivity (Wildman–Crippen MR) is 134 cm³/mol. The standard InChI is InChI=1S/C26H21N5O3/c1-17-8-2-5-11-21(17)28-24(32)16-30-15-18(19-9-4-7-13-23(19)30)14-27-31-25(33)20-10-3-6-12-22(20)29-26(31)34/h2-15H,16H2,1H3,(H,28,32)(H,29,34). The molecule has 2 N–H and O–H groups in total. The van der Waals surface area contributed by atoms with Crippen LogP contribution in [0.3, 0.4) is 0 Å². The van der Waals surface area contributed by atoms with Crippen molar-refractivity contribution < 1.29 is 4.79 Å². The highest BCUT2D eigenvalue weighted by Gasteiger charge is 2.12. The second kappa shape index (κ2) is 8.67. The Hall–Kier alpha value is -4.72. The Morgan fingerprint density at radius 3 is 2.50 bits per heavy atom. The number of hydrogen-bond acceptors (Lipinski definition) is 4. The number of fused-ring (bicyclic) bond motifs is 2. The van der Waals surface area contributed by atoms with E-state index in [1.165, 1.54) is 6.21 Å². The average Bonchev–Trinajstić information content (AvgIpc) is 3.18. The predicted octanol–water partition coefficient (Wildman–Crippen LogP) is 3.47. The molecule has 1 amide bonds. The molecule has 2 aromatic heterocycles. The highest BCUT2D eigenvalue weighted by atomic mass is 16.2. The Morgan fingerprint density at radius 2 is 1.68 bits per heavy atom. The molecule has 5 aromatic rings. The van der Waals surface area contributed by atoms with Gasteiger partial charge in [-0.05, 0) is 36.8 Å². The number of aromatic nitrogens is 3. The maximum absolute atomic E-state index is 12.8. The van der Waals surface area contributed by atoms with Gasteiger partial charge in [0.1, 0.15) is 6.54 Å². The van der Waals surface area contributed by atoms with Gasteiger partial charge in [0.05, 0.1) is 17.1 Å². The third kappa shape index (κ3) is 3.93. The van der Waals surface area contributed by atoms with Crippen LogP contribution in [0.1, 0.15) is 11.1 Å². The van der Waals surface area contributed by atoms with E-state index in [2.05, 4.69) is 15.4 Å². The Balaban J connectivity index is 1.49. The molecule has 0 aliphatic rings. The van der Waals surface area contributed by atoms with E-state index in [0.717, 1.165) is 26.8 Å². The second-order valence-electron chi connectivity index (χ2n) is 7.93. The zero-order valence-electron chi connectivity index (χ0n) is 18.4. The number of aryl methyl sites for hydroxylation is 1. The van der Waals surface area contributed by atoms with Gasteiger partial charge < -0.3 is 14.9 Å². The molecule has 8 heteroatoms. The minimum atomic E-state index is -0.624. The topological polar surface area (TPSA) is 101 Å². The highest BCUT2D eigenvalue weighted by molar-refractivity contribution is 6.00. The number of anilines is 1. The van der Waals surface area contributed by atoms with E-state index in [4.69, 9.17) is 0 Å². The zero-order chi connectivity index (χ0) is 23.7. The van der Waals surface area contributed by atoms with E-state index >= 15 is 0 Å². The summed E-state index contributed by atoms with van der Waals surface area (Å²) >= 11 is 0. The van der Waals surface area contributed by atoms with Gasteiger partial charge in [-0.2, -0.15) is 5.10 Å². The van der Waals surface area contributed by atoms with Gasteiger partial charge >= 0.3 is 5.69 Å². The molecule has 0 atom stereocenters. The first-order chi connectivity index (χ1) is 16.5. The number of H-pyrrole nitrogens is 1. The van der Waals surface area contributed by atoms with Crippen LogP contribution in [0.25, 0.3) is 21.8 Å². The lowest BCUT2D eigenvalue weighted by atomic mass is 10.2. The van der Waals surface area contributed by atoms with E-state index in [0.29, 0.717) is 16.5 Å². The molecule has 168 valence electrons. The summed E-state index contributed by atoms with van der Waals surface area (Å²) in [5.41, 5.74) is 2.59. The number of rotatable bonds is 5. The van der Waals surface area contributed by atoms with E-state index in [-0.39, 0.29) is 12.5 Å². The number of benzene rings is 3. The largest absolute Gasteiger partial charge is 0.349 e. The Kier molecular flexibility index (Phi) is 5.39.